The summed E-state index contributed by atoms with van der Waals surface area (Å²) in [4.78, 5) is 68.3. The smallest absolute Gasteiger partial charge is 0.255 e. The molecule has 0 fully saturated rings. The van der Waals surface area contributed by atoms with Crippen LogP contribution in [0.3, 0.4) is 0 Å². The zero-order valence-electron chi connectivity index (χ0n) is 80.6. The van der Waals surface area contributed by atoms with Gasteiger partial charge >= 0.3 is 0 Å². The number of unbranched alkanes of at least 4 members (excludes halogenated alkanes) is 12. The zero-order chi connectivity index (χ0) is 94.2. The van der Waals surface area contributed by atoms with Crippen LogP contribution in [0, 0.1) is 0 Å². The highest BCUT2D eigenvalue weighted by Crippen LogP contribution is 2.44. The second kappa shape index (κ2) is 43.4. The topological polar surface area (TPSA) is 173 Å². The standard InChI is InChI=1S/C126H124N10O2/c1-7-13-19-27-83-37-49-89(50-38-83)117-101-65-69-105(129-101)119(91-53-41-85(42-54-91)29-21-15-9-3)109-73-77-113(133-109)123(114-78-74-110(134-114)120(106-70-66-102(117)130-106)92-55-43-86(44-56-92)30-22-16-10-4)97-33-25-35-99(81-97)127-125(137)95-61-63-96(64-62-95)126(138)128-100-36-26-34-98(82-100)124-115-79-75-111(135-115)121(93-57-45-87(46-58-93)31-23-17-11-5)107-71-67-103(131-107)118(90-51-39-84(40-52-90)28-20-14-8-2)104-68-72-108(132-104)122(112-76-80-116(124)136-112)94-59-47-88(48-60-94)32-24-18-12-6/h25-26,33-82,129,131,134,136H,7-24,27-32H2,1-6H3,(H,127,137)(H,128,138). The molecule has 0 atom stereocenters. The molecule has 0 unspecified atom stereocenters. The lowest BCUT2D eigenvalue weighted by atomic mass is 10.00. The minimum Gasteiger partial charge on any atom is -0.354 e. The highest BCUT2D eigenvalue weighted by molar-refractivity contribution is 6.09. The lowest BCUT2D eigenvalue weighted by Crippen LogP contribution is -2.14. The number of hydrogen-bond acceptors (Lipinski definition) is 6. The first-order valence-corrected chi connectivity index (χ1v) is 50.7. The Kier molecular flexibility index (Phi) is 29.0. The number of benzene rings is 9. The molecule has 4 aliphatic heterocycles. The fraction of sp³-hybridized carbons (Fsp3) is 0.238. The van der Waals surface area contributed by atoms with E-state index in [4.69, 9.17) is 19.9 Å². The number of carbonyl (C=O) groups excluding carboxylic acids is 2. The molecule has 15 aromatic rings. The average Bonchev–Trinajstić information content (AvgIpc) is 1.61. The van der Waals surface area contributed by atoms with Gasteiger partial charge in [-0.1, -0.05) is 288 Å². The third kappa shape index (κ3) is 20.9. The SMILES string of the molecule is CCCCCc1ccc(-c2c3nc(c(-c4ccc(CCCCC)cc4)c4ccc([nH]4)c(-c4cccc(NC(=O)c5ccc(C(=O)Nc6cccc(-c7c8nc(c(-c9ccc(CCCCC)cc9)c9ccc([nH]9)c(-c9ccc(CCCCC)cc9)c9nc(c(-c%10ccc(CCCCC)cc%10)c%10ccc7[nH]%10)C=C9)C=C8)c6)cc5)c4)c4nc(c(-c5ccc(CCCCC)cc5)c5ccc2[nH]5)C=C4)C=C3)cc1. The molecule has 16 bridgehead atoms. The molecule has 4 aliphatic rings. The van der Waals surface area contributed by atoms with E-state index in [9.17, 15) is 9.59 Å². The monoisotopic (exact) mass is 1810 g/mol. The summed E-state index contributed by atoms with van der Waals surface area (Å²) in [7, 11) is 0. The molecule has 12 heteroatoms. The highest BCUT2D eigenvalue weighted by atomic mass is 16.2. The summed E-state index contributed by atoms with van der Waals surface area (Å²) in [6, 6.07) is 94.8. The zero-order valence-corrected chi connectivity index (χ0v) is 80.6. The molecule has 2 amide bonds. The van der Waals surface area contributed by atoms with Gasteiger partial charge in [-0.05, 0) is 301 Å². The maximum Gasteiger partial charge on any atom is 0.255 e. The predicted octanol–water partition coefficient (Wildman–Crippen LogP) is 33.9. The van der Waals surface area contributed by atoms with Gasteiger partial charge in [0, 0.05) is 111 Å². The van der Waals surface area contributed by atoms with E-state index in [1.807, 2.05) is 36.4 Å². The van der Waals surface area contributed by atoms with Gasteiger partial charge in [-0.3, -0.25) is 9.59 Å². The summed E-state index contributed by atoms with van der Waals surface area (Å²) in [5.74, 6) is -0.661. The normalized spacial score (nSPS) is 12.0. The van der Waals surface area contributed by atoms with Crippen molar-refractivity contribution in [3.63, 3.8) is 0 Å². The van der Waals surface area contributed by atoms with Gasteiger partial charge in [0.25, 0.3) is 11.8 Å². The number of amides is 2. The van der Waals surface area contributed by atoms with E-state index in [0.717, 1.165) is 281 Å². The second-order valence-electron chi connectivity index (χ2n) is 37.6. The van der Waals surface area contributed by atoms with Gasteiger partial charge in [-0.25, -0.2) is 19.9 Å². The molecule has 138 heavy (non-hydrogen) atoms. The van der Waals surface area contributed by atoms with Crippen molar-refractivity contribution in [2.45, 2.75) is 196 Å². The van der Waals surface area contributed by atoms with Crippen LogP contribution in [0.25, 0.3) is 182 Å². The Morgan fingerprint density at radius 1 is 0.210 bits per heavy atom. The van der Waals surface area contributed by atoms with Crippen molar-refractivity contribution in [3.8, 4) is 89.0 Å². The number of aryl methyl sites for hydroxylation is 6. The van der Waals surface area contributed by atoms with Gasteiger partial charge in [0.15, 0.2) is 0 Å². The molecule has 9 aromatic carbocycles. The summed E-state index contributed by atoms with van der Waals surface area (Å²) in [6.07, 6.45) is 44.5. The van der Waals surface area contributed by atoms with Crippen molar-refractivity contribution in [2.75, 3.05) is 10.6 Å². The lowest BCUT2D eigenvalue weighted by molar-refractivity contribution is 0.101. The van der Waals surface area contributed by atoms with Crippen LogP contribution in [0.15, 0.2) is 267 Å². The lowest BCUT2D eigenvalue weighted by Gasteiger charge is -2.11. The second-order valence-corrected chi connectivity index (χ2v) is 37.6. The molecule has 0 saturated carbocycles. The van der Waals surface area contributed by atoms with Crippen molar-refractivity contribution in [2.24, 2.45) is 0 Å². The quantitative estimate of drug-likeness (QED) is 0.0213. The molecule has 19 rings (SSSR count). The van der Waals surface area contributed by atoms with Gasteiger partial charge in [-0.2, -0.15) is 0 Å². The molecule has 690 valence electrons. The number of aromatic nitrogens is 8. The van der Waals surface area contributed by atoms with Crippen LogP contribution in [0.5, 0.6) is 0 Å². The van der Waals surface area contributed by atoms with Crippen molar-refractivity contribution in [1.29, 1.82) is 0 Å². The number of anilines is 2. The Morgan fingerprint density at radius 2 is 0.391 bits per heavy atom. The van der Waals surface area contributed by atoms with Crippen molar-refractivity contribution >= 4 is 116 Å². The molecule has 6 N–H and O–H groups in total. The van der Waals surface area contributed by atoms with Gasteiger partial charge < -0.3 is 30.6 Å². The number of rotatable bonds is 36. The molecule has 0 spiro atoms. The number of nitrogens with zero attached hydrogens (tertiary/aromatic N) is 4. The Bertz CT molecular complexity index is 6890. The summed E-state index contributed by atoms with van der Waals surface area (Å²) in [5.41, 5.74) is 39.4. The van der Waals surface area contributed by atoms with Crippen LogP contribution in [0.4, 0.5) is 11.4 Å². The largest absolute Gasteiger partial charge is 0.354 e. The highest BCUT2D eigenvalue weighted by Gasteiger charge is 2.25. The van der Waals surface area contributed by atoms with Crippen LogP contribution < -0.4 is 10.6 Å². The fourth-order valence-corrected chi connectivity index (χ4v) is 20.0. The first-order chi connectivity index (χ1) is 67.9. The molecule has 6 aromatic heterocycles. The van der Waals surface area contributed by atoms with Crippen molar-refractivity contribution in [1.82, 2.24) is 39.9 Å². The number of nitrogens with one attached hydrogen (secondary N) is 6. The maximum absolute atomic E-state index is 14.8. The minimum atomic E-state index is -0.331. The average molecular weight is 1810 g/mol. The Labute approximate surface area is 812 Å². The van der Waals surface area contributed by atoms with E-state index in [2.05, 4.69) is 327 Å². The van der Waals surface area contributed by atoms with Crippen LogP contribution >= 0.6 is 0 Å². The Hall–Kier alpha value is -14.9. The van der Waals surface area contributed by atoms with E-state index in [1.165, 1.54) is 84.7 Å². The van der Waals surface area contributed by atoms with E-state index in [0.29, 0.717) is 22.5 Å². The summed E-state index contributed by atoms with van der Waals surface area (Å²) in [5, 5.41) is 6.51. The summed E-state index contributed by atoms with van der Waals surface area (Å²) < 4.78 is 0. The molecule has 0 saturated heterocycles. The van der Waals surface area contributed by atoms with E-state index in [-0.39, 0.29) is 11.8 Å². The van der Waals surface area contributed by atoms with Gasteiger partial charge in [0.05, 0.1) is 45.6 Å². The Morgan fingerprint density at radius 3 is 0.572 bits per heavy atom. The molecule has 12 nitrogen and oxygen atoms in total. The van der Waals surface area contributed by atoms with Crippen LogP contribution in [-0.4, -0.2) is 51.7 Å². The predicted molar refractivity (Wildman–Crippen MR) is 583 cm³/mol. The number of aromatic amines is 4. The van der Waals surface area contributed by atoms with E-state index >= 15 is 0 Å². The minimum absolute atomic E-state index is 0.331. The van der Waals surface area contributed by atoms with Gasteiger partial charge in [-0.15, -0.1) is 0 Å². The Balaban J connectivity index is 0.670. The molecule has 0 radical (unpaired) electrons. The number of fused-ring (bicyclic) bond motifs is 16. The number of carbonyl (C=O) groups is 2. The molecular weight excluding hydrogens is 1690 g/mol. The van der Waals surface area contributed by atoms with Crippen molar-refractivity contribution < 1.29 is 9.59 Å². The van der Waals surface area contributed by atoms with E-state index in [1.54, 1.807) is 24.3 Å². The fourth-order valence-electron chi connectivity index (χ4n) is 20.0. The number of hydrogen-bond donors (Lipinski definition) is 6. The van der Waals surface area contributed by atoms with Crippen LogP contribution in [0.1, 0.15) is 257 Å². The van der Waals surface area contributed by atoms with Crippen LogP contribution in [-0.2, 0) is 38.5 Å². The molecule has 0 aliphatic carbocycles. The maximum atomic E-state index is 14.8. The van der Waals surface area contributed by atoms with Crippen molar-refractivity contribution in [3.05, 3.63) is 357 Å². The number of H-pyrrole nitrogens is 4. The summed E-state index contributed by atoms with van der Waals surface area (Å²) >= 11 is 0. The summed E-state index contributed by atoms with van der Waals surface area (Å²) in [6.45, 7) is 13.5. The molecule has 10 heterocycles. The third-order valence-electron chi connectivity index (χ3n) is 27.6. The first-order valence-electron chi connectivity index (χ1n) is 50.7. The third-order valence-corrected chi connectivity index (χ3v) is 27.6. The van der Waals surface area contributed by atoms with E-state index < -0.39 is 0 Å². The van der Waals surface area contributed by atoms with Gasteiger partial charge in [0.2, 0.25) is 0 Å². The van der Waals surface area contributed by atoms with Gasteiger partial charge in [0.1, 0.15) is 0 Å². The molecular formula is C126H124N10O2. The first kappa shape index (κ1) is 92.2. The van der Waals surface area contributed by atoms with Crippen LogP contribution in [0.2, 0.25) is 0 Å².